The molecule has 1 fully saturated rings. The van der Waals surface area contributed by atoms with Crippen molar-refractivity contribution in [2.75, 3.05) is 26.2 Å². The highest BCUT2D eigenvalue weighted by Gasteiger charge is 2.39. The Kier molecular flexibility index (Phi) is 5.15. The Hall–Kier alpha value is -2.25. The third kappa shape index (κ3) is 4.24. The van der Waals surface area contributed by atoms with Gasteiger partial charge in [0.25, 0.3) is 5.91 Å². The Morgan fingerprint density at radius 3 is 2.76 bits per heavy atom. The van der Waals surface area contributed by atoms with Gasteiger partial charge >= 0.3 is 0 Å². The van der Waals surface area contributed by atoms with Gasteiger partial charge in [0.15, 0.2) is 0 Å². The number of carbonyl (C=O) groups excluding carboxylic acids is 1. The highest BCUT2D eigenvalue weighted by atomic mass is 16.3. The monoisotopic (exact) mass is 343 g/mol. The van der Waals surface area contributed by atoms with Crippen molar-refractivity contribution in [1.29, 1.82) is 0 Å². The van der Waals surface area contributed by atoms with Gasteiger partial charge in [0.2, 0.25) is 0 Å². The lowest BCUT2D eigenvalue weighted by atomic mass is 10.0. The number of β-amino-alcohol motifs (C(OH)–C–C–N with tert-alkyl or cyclic N) is 1. The van der Waals surface area contributed by atoms with E-state index in [1.54, 1.807) is 41.3 Å². The maximum absolute atomic E-state index is 12.5. The molecule has 7 nitrogen and oxygen atoms in total. The maximum Gasteiger partial charge on any atom is 0.274 e. The summed E-state index contributed by atoms with van der Waals surface area (Å²) in [7, 11) is 1.79. The van der Waals surface area contributed by atoms with Crippen LogP contribution in [0.5, 0.6) is 0 Å². The van der Waals surface area contributed by atoms with Crippen LogP contribution in [0, 0.1) is 0 Å². The molecule has 1 saturated heterocycles. The molecule has 1 aliphatic heterocycles. The van der Waals surface area contributed by atoms with Gasteiger partial charge in [0, 0.05) is 45.3 Å². The molecule has 0 saturated carbocycles. The van der Waals surface area contributed by atoms with Gasteiger partial charge in [-0.2, -0.15) is 5.10 Å². The Bertz CT molecular complexity index is 717. The predicted octanol–water partition coefficient (Wildman–Crippen LogP) is 0.914. The largest absolute Gasteiger partial charge is 0.387 e. The van der Waals surface area contributed by atoms with Crippen LogP contribution in [0.2, 0.25) is 0 Å². The first-order valence-corrected chi connectivity index (χ1v) is 8.62. The molecule has 1 N–H and O–H groups in total. The highest BCUT2D eigenvalue weighted by Crippen LogP contribution is 2.24. The van der Waals surface area contributed by atoms with Crippen molar-refractivity contribution in [3.8, 4) is 0 Å². The van der Waals surface area contributed by atoms with Gasteiger partial charge in [-0.3, -0.25) is 19.4 Å². The molecule has 0 unspecified atom stereocenters. The van der Waals surface area contributed by atoms with Gasteiger partial charge in [0.1, 0.15) is 5.69 Å². The van der Waals surface area contributed by atoms with Crippen molar-refractivity contribution in [3.63, 3.8) is 0 Å². The van der Waals surface area contributed by atoms with Gasteiger partial charge in [-0.05, 0) is 36.7 Å². The Morgan fingerprint density at radius 1 is 1.36 bits per heavy atom. The Balaban J connectivity index is 1.61. The molecule has 2 aromatic rings. The van der Waals surface area contributed by atoms with Crippen LogP contribution < -0.4 is 0 Å². The van der Waals surface area contributed by atoms with E-state index in [9.17, 15) is 9.90 Å². The first-order valence-electron chi connectivity index (χ1n) is 8.62. The van der Waals surface area contributed by atoms with E-state index in [0.29, 0.717) is 31.7 Å². The molecule has 0 spiro atoms. The van der Waals surface area contributed by atoms with Gasteiger partial charge in [-0.25, -0.2) is 0 Å². The summed E-state index contributed by atoms with van der Waals surface area (Å²) in [6, 6.07) is 5.68. The molecule has 1 atom stereocenters. The van der Waals surface area contributed by atoms with E-state index >= 15 is 0 Å². The number of aromatic nitrogens is 3. The molecule has 0 aliphatic carbocycles. The lowest BCUT2D eigenvalue weighted by Gasteiger charge is -2.30. The zero-order valence-electron chi connectivity index (χ0n) is 14.8. The minimum Gasteiger partial charge on any atom is -0.387 e. The first-order chi connectivity index (χ1) is 12.0. The number of nitrogens with zero attached hydrogens (tertiary/aromatic N) is 5. The molecule has 0 bridgehead atoms. The summed E-state index contributed by atoms with van der Waals surface area (Å²) in [4.78, 5) is 20.4. The number of hydrogen-bond acceptors (Lipinski definition) is 5. The summed E-state index contributed by atoms with van der Waals surface area (Å²) in [5.41, 5.74) is 0.712. The van der Waals surface area contributed by atoms with E-state index in [1.807, 2.05) is 12.1 Å². The molecule has 0 aromatic carbocycles. The molecule has 1 amide bonds. The van der Waals surface area contributed by atoms with Crippen LogP contribution in [-0.2, 0) is 13.6 Å². The standard InChI is InChI=1S/C18H25N5O2/c1-3-22(12-15-4-8-19-9-5-15)13-18(25)7-11-23(14-18)17(24)16-6-10-21(2)20-16/h4-6,8-10,25H,3,7,11-14H2,1-2H3/t18-/m0/s1. The van der Waals surface area contributed by atoms with E-state index in [-0.39, 0.29) is 5.91 Å². The molecule has 3 rings (SSSR count). The number of aliphatic hydroxyl groups is 1. The molecule has 2 aromatic heterocycles. The third-order valence-electron chi connectivity index (χ3n) is 4.67. The average Bonchev–Trinajstić information content (AvgIpc) is 3.21. The van der Waals surface area contributed by atoms with Crippen molar-refractivity contribution in [3.05, 3.63) is 48.0 Å². The number of amides is 1. The second-order valence-electron chi connectivity index (χ2n) is 6.73. The highest BCUT2D eigenvalue weighted by molar-refractivity contribution is 5.92. The lowest BCUT2D eigenvalue weighted by Crippen LogP contribution is -2.45. The molecule has 25 heavy (non-hydrogen) atoms. The fraction of sp³-hybridized carbons (Fsp3) is 0.500. The number of hydrogen-bond donors (Lipinski definition) is 1. The topological polar surface area (TPSA) is 74.5 Å². The number of aryl methyl sites for hydroxylation is 1. The fourth-order valence-electron chi connectivity index (χ4n) is 3.29. The van der Waals surface area contributed by atoms with Gasteiger partial charge < -0.3 is 10.0 Å². The molecular formula is C18H25N5O2. The number of carbonyl (C=O) groups is 1. The van der Waals surface area contributed by atoms with Crippen molar-refractivity contribution in [2.45, 2.75) is 25.5 Å². The van der Waals surface area contributed by atoms with Crippen LogP contribution in [0.3, 0.4) is 0 Å². The number of rotatable bonds is 6. The number of pyridine rings is 1. The first kappa shape index (κ1) is 17.6. The van der Waals surface area contributed by atoms with Gasteiger partial charge in [-0.1, -0.05) is 6.92 Å². The summed E-state index contributed by atoms with van der Waals surface area (Å²) in [6.45, 7) is 5.11. The summed E-state index contributed by atoms with van der Waals surface area (Å²) in [5, 5.41) is 15.1. The van der Waals surface area contributed by atoms with Gasteiger partial charge in [-0.15, -0.1) is 0 Å². The van der Waals surface area contributed by atoms with Crippen LogP contribution >= 0.6 is 0 Å². The molecule has 134 valence electrons. The Morgan fingerprint density at radius 2 is 2.12 bits per heavy atom. The smallest absolute Gasteiger partial charge is 0.274 e. The molecule has 0 radical (unpaired) electrons. The minimum absolute atomic E-state index is 0.117. The van der Waals surface area contributed by atoms with Crippen LogP contribution in [-0.4, -0.2) is 67.4 Å². The predicted molar refractivity (Wildman–Crippen MR) is 93.9 cm³/mol. The van der Waals surface area contributed by atoms with Crippen molar-refractivity contribution in [2.24, 2.45) is 7.05 Å². The van der Waals surface area contributed by atoms with Crippen LogP contribution in [0.15, 0.2) is 36.8 Å². The van der Waals surface area contributed by atoms with E-state index < -0.39 is 5.60 Å². The average molecular weight is 343 g/mol. The van der Waals surface area contributed by atoms with Crippen molar-refractivity contribution >= 4 is 5.91 Å². The fourth-order valence-corrected chi connectivity index (χ4v) is 3.29. The quantitative estimate of drug-likeness (QED) is 0.844. The van der Waals surface area contributed by atoms with Gasteiger partial charge in [0.05, 0.1) is 12.1 Å². The minimum atomic E-state index is -0.881. The van der Waals surface area contributed by atoms with Crippen LogP contribution in [0.25, 0.3) is 0 Å². The normalized spacial score (nSPS) is 20.4. The number of likely N-dealkylation sites (tertiary alicyclic amines) is 1. The van der Waals surface area contributed by atoms with E-state index in [4.69, 9.17) is 0 Å². The van der Waals surface area contributed by atoms with E-state index in [2.05, 4.69) is 21.9 Å². The summed E-state index contributed by atoms with van der Waals surface area (Å²) in [5.74, 6) is -0.117. The van der Waals surface area contributed by atoms with Crippen molar-refractivity contribution < 1.29 is 9.90 Å². The Labute approximate surface area is 147 Å². The zero-order chi connectivity index (χ0) is 17.9. The molecule has 3 heterocycles. The molecular weight excluding hydrogens is 318 g/mol. The maximum atomic E-state index is 12.5. The van der Waals surface area contributed by atoms with Crippen LogP contribution in [0.4, 0.5) is 0 Å². The lowest BCUT2D eigenvalue weighted by molar-refractivity contribution is 0.0107. The van der Waals surface area contributed by atoms with Crippen molar-refractivity contribution in [1.82, 2.24) is 24.6 Å². The summed E-state index contributed by atoms with van der Waals surface area (Å²) >= 11 is 0. The number of likely N-dealkylation sites (N-methyl/N-ethyl adjacent to an activating group) is 1. The second kappa shape index (κ2) is 7.33. The molecule has 1 aliphatic rings. The molecule has 7 heteroatoms. The summed E-state index contributed by atoms with van der Waals surface area (Å²) in [6.07, 6.45) is 5.89. The SMILES string of the molecule is CCN(Cc1ccncc1)C[C@@]1(O)CCN(C(=O)c2ccn(C)n2)C1. The summed E-state index contributed by atoms with van der Waals surface area (Å²) < 4.78 is 1.61. The second-order valence-corrected chi connectivity index (χ2v) is 6.73. The third-order valence-corrected chi connectivity index (χ3v) is 4.67. The van der Waals surface area contributed by atoms with Crippen LogP contribution in [0.1, 0.15) is 29.4 Å². The van der Waals surface area contributed by atoms with E-state index in [1.165, 1.54) is 5.56 Å². The van der Waals surface area contributed by atoms with E-state index in [0.717, 1.165) is 13.1 Å². The zero-order valence-corrected chi connectivity index (χ0v) is 14.8.